The topological polar surface area (TPSA) is 52.7 Å². The first-order valence-corrected chi connectivity index (χ1v) is 9.92. The van der Waals surface area contributed by atoms with Crippen molar-refractivity contribution in [3.63, 3.8) is 0 Å². The highest BCUT2D eigenvalue weighted by molar-refractivity contribution is 8.01. The number of benzene rings is 2. The highest BCUT2D eigenvalue weighted by atomic mass is 32.2. The summed E-state index contributed by atoms with van der Waals surface area (Å²) in [5.74, 6) is 0.134. The monoisotopic (exact) mass is 385 g/mol. The van der Waals surface area contributed by atoms with Gasteiger partial charge in [0.1, 0.15) is 5.82 Å². The van der Waals surface area contributed by atoms with Crippen LogP contribution in [0, 0.1) is 5.82 Å². The van der Waals surface area contributed by atoms with E-state index in [2.05, 4.69) is 5.32 Å². The van der Waals surface area contributed by atoms with Gasteiger partial charge in [-0.3, -0.25) is 9.69 Å². The van der Waals surface area contributed by atoms with Gasteiger partial charge in [-0.2, -0.15) is 0 Å². The minimum atomic E-state index is -1.08. The Hall–Kier alpha value is -2.54. The molecule has 2 aromatic rings. The average Bonchev–Trinajstić information content (AvgIpc) is 3.21. The smallest absolute Gasteiger partial charge is 0.319 e. The summed E-state index contributed by atoms with van der Waals surface area (Å²) in [6.07, 6.45) is 0. The van der Waals surface area contributed by atoms with Gasteiger partial charge in [0.05, 0.1) is 12.2 Å². The SMILES string of the molecule is CCNC(=O)N1CCSC12C(=O)N(Cc1ccccc1F)c1ccccc12. The normalized spacial score (nSPS) is 21.0. The third kappa shape index (κ3) is 2.68. The van der Waals surface area contributed by atoms with Crippen LogP contribution in [0.2, 0.25) is 0 Å². The fourth-order valence-electron chi connectivity index (χ4n) is 3.77. The standard InChI is InChI=1S/C20H20FN3O2S/c1-2-22-19(26)24-11-12-27-20(24)15-8-4-6-10-17(15)23(18(20)25)13-14-7-3-5-9-16(14)21/h3-10H,2,11-13H2,1H3,(H,22,26). The third-order valence-electron chi connectivity index (χ3n) is 4.96. The number of amides is 3. The van der Waals surface area contributed by atoms with Crippen molar-refractivity contribution in [2.75, 3.05) is 23.7 Å². The predicted octanol–water partition coefficient (Wildman–Crippen LogP) is 3.30. The largest absolute Gasteiger partial charge is 0.338 e. The van der Waals surface area contributed by atoms with E-state index in [4.69, 9.17) is 0 Å². The molecule has 1 unspecified atom stereocenters. The third-order valence-corrected chi connectivity index (χ3v) is 6.38. The fourth-order valence-corrected chi connectivity index (χ4v) is 5.23. The molecular weight excluding hydrogens is 365 g/mol. The van der Waals surface area contributed by atoms with Gasteiger partial charge < -0.3 is 10.2 Å². The van der Waals surface area contributed by atoms with Crippen molar-refractivity contribution in [3.8, 4) is 0 Å². The lowest BCUT2D eigenvalue weighted by Gasteiger charge is -2.33. The minimum absolute atomic E-state index is 0.133. The first kappa shape index (κ1) is 17.9. The molecule has 1 N–H and O–H groups in total. The zero-order chi connectivity index (χ0) is 19.0. The minimum Gasteiger partial charge on any atom is -0.338 e. The molecule has 1 atom stereocenters. The molecule has 3 amide bonds. The van der Waals surface area contributed by atoms with Crippen LogP contribution in [-0.4, -0.2) is 35.7 Å². The van der Waals surface area contributed by atoms with E-state index in [0.29, 0.717) is 24.4 Å². The Kier molecular flexibility index (Phi) is 4.55. The Morgan fingerprint density at radius 3 is 2.74 bits per heavy atom. The molecule has 4 rings (SSSR count). The molecule has 2 aliphatic heterocycles. The van der Waals surface area contributed by atoms with Crippen molar-refractivity contribution in [1.82, 2.24) is 10.2 Å². The number of thioether (sulfide) groups is 1. The molecule has 27 heavy (non-hydrogen) atoms. The molecule has 140 valence electrons. The molecule has 0 aromatic heterocycles. The maximum Gasteiger partial charge on any atom is 0.319 e. The van der Waals surface area contributed by atoms with Crippen LogP contribution < -0.4 is 10.2 Å². The molecule has 2 heterocycles. The van der Waals surface area contributed by atoms with E-state index in [0.717, 1.165) is 11.3 Å². The number of nitrogens with one attached hydrogen (secondary N) is 1. The second-order valence-electron chi connectivity index (χ2n) is 6.48. The van der Waals surface area contributed by atoms with Crippen LogP contribution >= 0.6 is 11.8 Å². The van der Waals surface area contributed by atoms with E-state index in [1.54, 1.807) is 28.0 Å². The Balaban J connectivity index is 1.78. The lowest BCUT2D eigenvalue weighted by Crippen LogP contribution is -2.53. The van der Waals surface area contributed by atoms with Gasteiger partial charge in [-0.25, -0.2) is 9.18 Å². The summed E-state index contributed by atoms with van der Waals surface area (Å²) in [7, 11) is 0. The molecule has 0 aliphatic carbocycles. The van der Waals surface area contributed by atoms with E-state index in [1.165, 1.54) is 17.8 Å². The number of nitrogens with zero attached hydrogens (tertiary/aromatic N) is 2. The molecule has 2 aromatic carbocycles. The summed E-state index contributed by atoms with van der Waals surface area (Å²) >= 11 is 1.46. The number of fused-ring (bicyclic) bond motifs is 2. The molecule has 0 radical (unpaired) electrons. The van der Waals surface area contributed by atoms with Crippen molar-refractivity contribution in [1.29, 1.82) is 0 Å². The number of anilines is 1. The van der Waals surface area contributed by atoms with E-state index in [1.807, 2.05) is 31.2 Å². The van der Waals surface area contributed by atoms with Crippen molar-refractivity contribution in [2.45, 2.75) is 18.3 Å². The second-order valence-corrected chi connectivity index (χ2v) is 7.77. The summed E-state index contributed by atoms with van der Waals surface area (Å²) in [5, 5.41) is 2.81. The number of hydrogen-bond acceptors (Lipinski definition) is 3. The zero-order valence-corrected chi connectivity index (χ0v) is 15.8. The Bertz CT molecular complexity index is 906. The summed E-state index contributed by atoms with van der Waals surface area (Å²) in [4.78, 5) is 28.4. The van der Waals surface area contributed by atoms with Crippen LogP contribution in [0.5, 0.6) is 0 Å². The quantitative estimate of drug-likeness (QED) is 0.882. The van der Waals surface area contributed by atoms with Gasteiger partial charge in [0.15, 0.2) is 4.87 Å². The Labute approximate surface area is 161 Å². The molecule has 2 aliphatic rings. The van der Waals surface area contributed by atoms with Gasteiger partial charge in [0, 0.05) is 30.0 Å². The van der Waals surface area contributed by atoms with Gasteiger partial charge in [-0.1, -0.05) is 36.4 Å². The summed E-state index contributed by atoms with van der Waals surface area (Å²) in [5.41, 5.74) is 1.97. The van der Waals surface area contributed by atoms with Gasteiger partial charge in [0.25, 0.3) is 5.91 Å². The fraction of sp³-hybridized carbons (Fsp3) is 0.300. The average molecular weight is 385 g/mol. The predicted molar refractivity (Wildman–Crippen MR) is 104 cm³/mol. The van der Waals surface area contributed by atoms with Crippen LogP contribution in [-0.2, 0) is 16.2 Å². The van der Waals surface area contributed by atoms with Gasteiger partial charge in [-0.15, -0.1) is 11.8 Å². The van der Waals surface area contributed by atoms with Crippen molar-refractivity contribution < 1.29 is 14.0 Å². The first-order valence-electron chi connectivity index (χ1n) is 8.94. The summed E-state index contributed by atoms with van der Waals surface area (Å²) < 4.78 is 14.2. The van der Waals surface area contributed by atoms with Crippen LogP contribution in [0.25, 0.3) is 0 Å². The molecule has 7 heteroatoms. The number of carbonyl (C=O) groups is 2. The number of carbonyl (C=O) groups excluding carboxylic acids is 2. The summed E-state index contributed by atoms with van der Waals surface area (Å²) in [6, 6.07) is 13.7. The van der Waals surface area contributed by atoms with Crippen molar-refractivity contribution in [3.05, 3.63) is 65.5 Å². The highest BCUT2D eigenvalue weighted by Gasteiger charge is 2.59. The van der Waals surface area contributed by atoms with Crippen LogP contribution in [0.15, 0.2) is 48.5 Å². The van der Waals surface area contributed by atoms with E-state index in [9.17, 15) is 14.0 Å². The zero-order valence-electron chi connectivity index (χ0n) is 14.9. The number of halogens is 1. The molecule has 0 saturated carbocycles. The highest BCUT2D eigenvalue weighted by Crippen LogP contribution is 2.54. The Morgan fingerprint density at radius 1 is 1.22 bits per heavy atom. The number of para-hydroxylation sites is 1. The van der Waals surface area contributed by atoms with Gasteiger partial charge >= 0.3 is 6.03 Å². The van der Waals surface area contributed by atoms with E-state index >= 15 is 0 Å². The lowest BCUT2D eigenvalue weighted by molar-refractivity contribution is -0.123. The maximum absolute atomic E-state index is 14.2. The van der Waals surface area contributed by atoms with Crippen molar-refractivity contribution in [2.24, 2.45) is 0 Å². The molecule has 1 saturated heterocycles. The number of rotatable bonds is 3. The molecule has 1 fully saturated rings. The van der Waals surface area contributed by atoms with E-state index in [-0.39, 0.29) is 24.3 Å². The maximum atomic E-state index is 14.2. The van der Waals surface area contributed by atoms with Crippen LogP contribution in [0.4, 0.5) is 14.9 Å². The Morgan fingerprint density at radius 2 is 1.96 bits per heavy atom. The van der Waals surface area contributed by atoms with Crippen LogP contribution in [0.1, 0.15) is 18.1 Å². The van der Waals surface area contributed by atoms with Crippen LogP contribution in [0.3, 0.4) is 0 Å². The molecule has 1 spiro atoms. The number of urea groups is 1. The van der Waals surface area contributed by atoms with Gasteiger partial charge in [-0.05, 0) is 19.1 Å². The summed E-state index contributed by atoms with van der Waals surface area (Å²) in [6.45, 7) is 2.96. The van der Waals surface area contributed by atoms with E-state index < -0.39 is 4.87 Å². The van der Waals surface area contributed by atoms with Gasteiger partial charge in [0.2, 0.25) is 0 Å². The van der Waals surface area contributed by atoms with Crippen molar-refractivity contribution >= 4 is 29.4 Å². The first-order chi connectivity index (χ1) is 13.1. The second kappa shape index (κ2) is 6.88. The molecule has 5 nitrogen and oxygen atoms in total. The number of hydrogen-bond donors (Lipinski definition) is 1. The molecule has 0 bridgehead atoms. The lowest BCUT2D eigenvalue weighted by atomic mass is 10.1. The molecular formula is C20H20FN3O2S.